The minimum Gasteiger partial charge on any atom is -0.357 e. The first-order valence-corrected chi connectivity index (χ1v) is 11.8. The summed E-state index contributed by atoms with van der Waals surface area (Å²) in [4.78, 5) is 21.8. The fourth-order valence-electron chi connectivity index (χ4n) is 4.51. The zero-order valence-corrected chi connectivity index (χ0v) is 21.8. The van der Waals surface area contributed by atoms with E-state index < -0.39 is 0 Å². The van der Waals surface area contributed by atoms with E-state index in [1.165, 1.54) is 31.4 Å². The molecule has 1 unspecified atom stereocenters. The number of guanidine groups is 1. The third kappa shape index (κ3) is 8.50. The average Bonchev–Trinajstić information content (AvgIpc) is 3.24. The fourth-order valence-corrected chi connectivity index (χ4v) is 4.51. The number of rotatable bonds is 8. The molecule has 0 spiro atoms. The van der Waals surface area contributed by atoms with Crippen molar-refractivity contribution in [1.29, 1.82) is 0 Å². The lowest BCUT2D eigenvalue weighted by molar-refractivity contribution is -0.135. The van der Waals surface area contributed by atoms with Crippen LogP contribution in [0.5, 0.6) is 0 Å². The zero-order valence-electron chi connectivity index (χ0n) is 19.5. The number of likely N-dealkylation sites (N-methyl/N-ethyl adjacent to an activating group) is 1. The van der Waals surface area contributed by atoms with E-state index in [2.05, 4.69) is 22.5 Å². The van der Waals surface area contributed by atoms with Crippen LogP contribution >= 0.6 is 24.0 Å². The van der Waals surface area contributed by atoms with Crippen LogP contribution in [0.4, 0.5) is 4.39 Å². The Balaban J connectivity index is 0.00000363. The standard InChI is InChI=1S/C24H38FN5O.HI/c1-3-26-24(27-14-16-29(2)17-19-9-11-21(25)12-10-19)28-22-13-15-30(18-22)23(31)20-7-5-4-6-8-20;/h9-12,20,22H,3-8,13-18H2,1-2H3,(H2,26,27,28);1H. The summed E-state index contributed by atoms with van der Waals surface area (Å²) < 4.78 is 13.1. The fraction of sp³-hybridized carbons (Fsp3) is 0.667. The molecule has 2 fully saturated rings. The van der Waals surface area contributed by atoms with Crippen molar-refractivity contribution in [2.75, 3.05) is 39.8 Å². The van der Waals surface area contributed by atoms with Crippen LogP contribution in [0.2, 0.25) is 0 Å². The van der Waals surface area contributed by atoms with Crippen LogP contribution in [0, 0.1) is 11.7 Å². The van der Waals surface area contributed by atoms with Crippen molar-refractivity contribution in [2.45, 2.75) is 58.0 Å². The number of halogens is 2. The van der Waals surface area contributed by atoms with Crippen molar-refractivity contribution in [3.8, 4) is 0 Å². The van der Waals surface area contributed by atoms with Gasteiger partial charge in [0.15, 0.2) is 5.96 Å². The third-order valence-corrected chi connectivity index (χ3v) is 6.26. The van der Waals surface area contributed by atoms with Crippen LogP contribution in [0.25, 0.3) is 0 Å². The Morgan fingerprint density at radius 1 is 1.19 bits per heavy atom. The highest BCUT2D eigenvalue weighted by atomic mass is 127. The second-order valence-electron chi connectivity index (χ2n) is 8.87. The number of nitrogens with one attached hydrogen (secondary N) is 2. The van der Waals surface area contributed by atoms with E-state index in [0.717, 1.165) is 63.5 Å². The summed E-state index contributed by atoms with van der Waals surface area (Å²) in [5.41, 5.74) is 1.09. The lowest BCUT2D eigenvalue weighted by Crippen LogP contribution is -2.45. The Hall–Kier alpha value is -1.42. The van der Waals surface area contributed by atoms with Gasteiger partial charge in [-0.1, -0.05) is 31.4 Å². The molecule has 1 saturated carbocycles. The maximum absolute atomic E-state index is 13.1. The molecule has 2 aliphatic rings. The molecular weight excluding hydrogens is 520 g/mol. The van der Waals surface area contributed by atoms with Crippen LogP contribution in [0.15, 0.2) is 29.3 Å². The molecule has 2 N–H and O–H groups in total. The number of amides is 1. The molecule has 3 rings (SSSR count). The number of benzene rings is 1. The van der Waals surface area contributed by atoms with Crippen LogP contribution in [-0.2, 0) is 11.3 Å². The summed E-state index contributed by atoms with van der Waals surface area (Å²) in [6.07, 6.45) is 6.74. The van der Waals surface area contributed by atoms with Crippen molar-refractivity contribution >= 4 is 35.8 Å². The molecule has 1 aliphatic carbocycles. The van der Waals surface area contributed by atoms with Gasteiger partial charge in [0.05, 0.1) is 6.54 Å². The van der Waals surface area contributed by atoms with Gasteiger partial charge in [-0.25, -0.2) is 4.39 Å². The number of hydrogen-bond donors (Lipinski definition) is 2. The van der Waals surface area contributed by atoms with Gasteiger partial charge in [-0.05, 0) is 50.9 Å². The molecule has 0 bridgehead atoms. The van der Waals surface area contributed by atoms with Crippen molar-refractivity contribution < 1.29 is 9.18 Å². The Bertz CT molecular complexity index is 724. The summed E-state index contributed by atoms with van der Waals surface area (Å²) in [5.74, 6) is 1.21. The first-order chi connectivity index (χ1) is 15.0. The summed E-state index contributed by atoms with van der Waals surface area (Å²) in [6.45, 7) is 6.72. The van der Waals surface area contributed by atoms with Crippen LogP contribution in [-0.4, -0.2) is 67.5 Å². The average molecular weight is 560 g/mol. The van der Waals surface area contributed by atoms with Gasteiger partial charge in [-0.3, -0.25) is 9.79 Å². The van der Waals surface area contributed by atoms with Gasteiger partial charge in [0.1, 0.15) is 5.82 Å². The van der Waals surface area contributed by atoms with Gasteiger partial charge in [-0.2, -0.15) is 0 Å². The molecule has 32 heavy (non-hydrogen) atoms. The molecule has 0 aromatic heterocycles. The Labute approximate surface area is 209 Å². The Morgan fingerprint density at radius 2 is 1.91 bits per heavy atom. The summed E-state index contributed by atoms with van der Waals surface area (Å²) in [6, 6.07) is 6.89. The number of nitrogens with zero attached hydrogens (tertiary/aromatic N) is 3. The summed E-state index contributed by atoms with van der Waals surface area (Å²) >= 11 is 0. The summed E-state index contributed by atoms with van der Waals surface area (Å²) in [5, 5.41) is 6.84. The maximum Gasteiger partial charge on any atom is 0.225 e. The number of carbonyl (C=O) groups excluding carboxylic acids is 1. The lowest BCUT2D eigenvalue weighted by Gasteiger charge is -2.26. The predicted molar refractivity (Wildman–Crippen MR) is 139 cm³/mol. The second kappa shape index (κ2) is 14.0. The topological polar surface area (TPSA) is 60.0 Å². The zero-order chi connectivity index (χ0) is 22.1. The molecule has 1 saturated heterocycles. The highest BCUT2D eigenvalue weighted by Crippen LogP contribution is 2.26. The molecule has 0 radical (unpaired) electrons. The largest absolute Gasteiger partial charge is 0.357 e. The molecule has 180 valence electrons. The molecule has 1 aromatic rings. The molecular formula is C24H39FIN5O. The molecule has 8 heteroatoms. The Morgan fingerprint density at radius 3 is 2.59 bits per heavy atom. The van der Waals surface area contributed by atoms with E-state index in [9.17, 15) is 9.18 Å². The van der Waals surface area contributed by atoms with Crippen LogP contribution in [0.3, 0.4) is 0 Å². The minimum atomic E-state index is -0.205. The number of likely N-dealkylation sites (tertiary alicyclic amines) is 1. The predicted octanol–water partition coefficient (Wildman–Crippen LogP) is 3.61. The van der Waals surface area contributed by atoms with Gasteiger partial charge in [0, 0.05) is 44.7 Å². The SMILES string of the molecule is CCNC(=NCCN(C)Cc1ccc(F)cc1)NC1CCN(C(=O)C2CCCCC2)C1.I. The van der Waals surface area contributed by atoms with Gasteiger partial charge in [-0.15, -0.1) is 24.0 Å². The molecule has 1 aliphatic heterocycles. The van der Waals surface area contributed by atoms with Gasteiger partial charge in [0.2, 0.25) is 5.91 Å². The van der Waals surface area contributed by atoms with Crippen LogP contribution < -0.4 is 10.6 Å². The quantitative estimate of drug-likeness (QED) is 0.291. The van der Waals surface area contributed by atoms with E-state index in [4.69, 9.17) is 4.99 Å². The van der Waals surface area contributed by atoms with Crippen molar-refractivity contribution in [3.63, 3.8) is 0 Å². The van der Waals surface area contributed by atoms with Gasteiger partial charge >= 0.3 is 0 Å². The monoisotopic (exact) mass is 559 g/mol. The second-order valence-corrected chi connectivity index (χ2v) is 8.87. The molecule has 1 amide bonds. The van der Waals surface area contributed by atoms with Gasteiger partial charge < -0.3 is 20.4 Å². The smallest absolute Gasteiger partial charge is 0.225 e. The normalized spacial score (nSPS) is 19.7. The number of carbonyl (C=O) groups is 1. The Kier molecular flexibility index (Phi) is 11.7. The highest BCUT2D eigenvalue weighted by Gasteiger charge is 2.31. The van der Waals surface area contributed by atoms with Gasteiger partial charge in [0.25, 0.3) is 0 Å². The van der Waals surface area contributed by atoms with E-state index in [0.29, 0.717) is 12.5 Å². The van der Waals surface area contributed by atoms with E-state index in [-0.39, 0.29) is 41.8 Å². The number of hydrogen-bond acceptors (Lipinski definition) is 3. The van der Waals surface area contributed by atoms with E-state index in [1.54, 1.807) is 0 Å². The van der Waals surface area contributed by atoms with Crippen LogP contribution in [0.1, 0.15) is 51.0 Å². The molecule has 1 heterocycles. The van der Waals surface area contributed by atoms with Crippen molar-refractivity contribution in [3.05, 3.63) is 35.6 Å². The van der Waals surface area contributed by atoms with E-state index in [1.807, 2.05) is 24.1 Å². The summed E-state index contributed by atoms with van der Waals surface area (Å²) in [7, 11) is 2.05. The highest BCUT2D eigenvalue weighted by molar-refractivity contribution is 14.0. The first kappa shape index (κ1) is 26.8. The van der Waals surface area contributed by atoms with E-state index >= 15 is 0 Å². The first-order valence-electron chi connectivity index (χ1n) is 11.8. The third-order valence-electron chi connectivity index (χ3n) is 6.26. The maximum atomic E-state index is 13.1. The molecule has 1 aromatic carbocycles. The minimum absolute atomic E-state index is 0. The van der Waals surface area contributed by atoms with Crippen molar-refractivity contribution in [2.24, 2.45) is 10.9 Å². The lowest BCUT2D eigenvalue weighted by atomic mass is 9.88. The molecule has 6 nitrogen and oxygen atoms in total. The van der Waals surface area contributed by atoms with Crippen molar-refractivity contribution in [1.82, 2.24) is 20.4 Å². The number of aliphatic imine (C=N–C) groups is 1. The molecule has 1 atom stereocenters.